The zero-order chi connectivity index (χ0) is 15.4. The summed E-state index contributed by atoms with van der Waals surface area (Å²) < 4.78 is 1.73. The predicted molar refractivity (Wildman–Crippen MR) is 87.2 cm³/mol. The summed E-state index contributed by atoms with van der Waals surface area (Å²) in [6.45, 7) is 0.569. The van der Waals surface area contributed by atoms with Crippen LogP contribution in [0.2, 0.25) is 5.02 Å². The highest BCUT2D eigenvalue weighted by Gasteiger charge is 2.07. The standard InChI is InChI=1S/C17H14ClN3O/c18-15-10-19-21(12-15)11-13-5-4-6-14(9-13)17(22)20-16-7-2-1-3-8-16/h1-10,12H,11H2,(H,20,22). The average Bonchev–Trinajstić information content (AvgIpc) is 2.93. The lowest BCUT2D eigenvalue weighted by Crippen LogP contribution is -2.12. The molecule has 1 N–H and O–H groups in total. The van der Waals surface area contributed by atoms with Crippen molar-refractivity contribution in [1.82, 2.24) is 9.78 Å². The third kappa shape index (κ3) is 3.54. The van der Waals surface area contributed by atoms with Gasteiger partial charge in [-0.15, -0.1) is 0 Å². The fourth-order valence-corrected chi connectivity index (χ4v) is 2.30. The molecular weight excluding hydrogens is 298 g/mol. The summed E-state index contributed by atoms with van der Waals surface area (Å²) in [6.07, 6.45) is 3.34. The second-order valence-electron chi connectivity index (χ2n) is 4.88. The monoisotopic (exact) mass is 311 g/mol. The molecule has 2 aromatic carbocycles. The van der Waals surface area contributed by atoms with E-state index < -0.39 is 0 Å². The highest BCUT2D eigenvalue weighted by atomic mass is 35.5. The quantitative estimate of drug-likeness (QED) is 0.796. The predicted octanol–water partition coefficient (Wildman–Crippen LogP) is 3.84. The normalized spacial score (nSPS) is 10.4. The zero-order valence-electron chi connectivity index (χ0n) is 11.7. The summed E-state index contributed by atoms with van der Waals surface area (Å²) in [5.41, 5.74) is 2.37. The number of carbonyl (C=O) groups excluding carboxylic acids is 1. The highest BCUT2D eigenvalue weighted by Crippen LogP contribution is 2.12. The number of amides is 1. The molecule has 0 radical (unpaired) electrons. The Hall–Kier alpha value is -2.59. The van der Waals surface area contributed by atoms with Gasteiger partial charge in [0.2, 0.25) is 0 Å². The number of rotatable bonds is 4. The molecule has 0 aliphatic rings. The van der Waals surface area contributed by atoms with Crippen LogP contribution in [0.3, 0.4) is 0 Å². The molecule has 0 aliphatic heterocycles. The van der Waals surface area contributed by atoms with Gasteiger partial charge in [-0.05, 0) is 29.8 Å². The Bertz CT molecular complexity index is 783. The van der Waals surface area contributed by atoms with E-state index in [2.05, 4.69) is 10.4 Å². The van der Waals surface area contributed by atoms with E-state index in [0.717, 1.165) is 11.3 Å². The van der Waals surface area contributed by atoms with Crippen molar-refractivity contribution in [1.29, 1.82) is 0 Å². The maximum absolute atomic E-state index is 12.3. The molecule has 1 heterocycles. The summed E-state index contributed by atoms with van der Waals surface area (Å²) in [5, 5.41) is 7.60. The maximum Gasteiger partial charge on any atom is 0.255 e. The molecule has 0 saturated carbocycles. The molecule has 5 heteroatoms. The number of benzene rings is 2. The third-order valence-electron chi connectivity index (χ3n) is 3.17. The molecule has 0 aliphatic carbocycles. The Morgan fingerprint density at radius 1 is 1.14 bits per heavy atom. The van der Waals surface area contributed by atoms with Crippen LogP contribution in [-0.2, 0) is 6.54 Å². The summed E-state index contributed by atoms with van der Waals surface area (Å²) in [6, 6.07) is 16.8. The largest absolute Gasteiger partial charge is 0.322 e. The Kier molecular flexibility index (Phi) is 4.21. The molecule has 0 spiro atoms. The minimum atomic E-state index is -0.133. The minimum absolute atomic E-state index is 0.133. The highest BCUT2D eigenvalue weighted by molar-refractivity contribution is 6.30. The summed E-state index contributed by atoms with van der Waals surface area (Å²) in [5.74, 6) is -0.133. The number of para-hydroxylation sites is 1. The van der Waals surface area contributed by atoms with E-state index in [0.29, 0.717) is 17.1 Å². The van der Waals surface area contributed by atoms with Gasteiger partial charge in [-0.1, -0.05) is 41.9 Å². The number of aromatic nitrogens is 2. The van der Waals surface area contributed by atoms with Crippen molar-refractivity contribution in [3.8, 4) is 0 Å². The van der Waals surface area contributed by atoms with E-state index in [1.807, 2.05) is 48.5 Å². The lowest BCUT2D eigenvalue weighted by molar-refractivity contribution is 0.102. The van der Waals surface area contributed by atoms with E-state index in [4.69, 9.17) is 11.6 Å². The molecule has 4 nitrogen and oxygen atoms in total. The fraction of sp³-hybridized carbons (Fsp3) is 0.0588. The number of halogens is 1. The van der Waals surface area contributed by atoms with Gasteiger partial charge >= 0.3 is 0 Å². The van der Waals surface area contributed by atoms with Crippen molar-refractivity contribution in [2.45, 2.75) is 6.54 Å². The Morgan fingerprint density at radius 3 is 2.68 bits per heavy atom. The number of nitrogens with one attached hydrogen (secondary N) is 1. The summed E-state index contributed by atoms with van der Waals surface area (Å²) in [7, 11) is 0. The van der Waals surface area contributed by atoms with Crippen molar-refractivity contribution in [3.63, 3.8) is 0 Å². The number of hydrogen-bond acceptors (Lipinski definition) is 2. The number of hydrogen-bond donors (Lipinski definition) is 1. The maximum atomic E-state index is 12.3. The SMILES string of the molecule is O=C(Nc1ccccc1)c1cccc(Cn2cc(Cl)cn2)c1. The second-order valence-corrected chi connectivity index (χ2v) is 5.31. The Balaban J connectivity index is 1.74. The molecule has 0 fully saturated rings. The molecule has 110 valence electrons. The van der Waals surface area contributed by atoms with E-state index in [1.165, 1.54) is 0 Å². The molecule has 1 aromatic heterocycles. The molecule has 0 unspecified atom stereocenters. The number of carbonyl (C=O) groups is 1. The van der Waals surface area contributed by atoms with Crippen molar-refractivity contribution < 1.29 is 4.79 Å². The van der Waals surface area contributed by atoms with Crippen molar-refractivity contribution >= 4 is 23.2 Å². The smallest absolute Gasteiger partial charge is 0.255 e. The summed E-state index contributed by atoms with van der Waals surface area (Å²) >= 11 is 5.85. The number of anilines is 1. The lowest BCUT2D eigenvalue weighted by Gasteiger charge is -2.07. The van der Waals surface area contributed by atoms with E-state index >= 15 is 0 Å². The Labute approximate surface area is 133 Å². The molecule has 3 aromatic rings. The number of nitrogens with zero attached hydrogens (tertiary/aromatic N) is 2. The van der Waals surface area contributed by atoms with Crippen LogP contribution in [0, 0.1) is 0 Å². The van der Waals surface area contributed by atoms with Crippen molar-refractivity contribution in [2.75, 3.05) is 5.32 Å². The molecule has 1 amide bonds. The van der Waals surface area contributed by atoms with Crippen LogP contribution >= 0.6 is 11.6 Å². The first-order valence-corrected chi connectivity index (χ1v) is 7.22. The first-order chi connectivity index (χ1) is 10.7. The van der Waals surface area contributed by atoms with E-state index in [1.54, 1.807) is 23.1 Å². The topological polar surface area (TPSA) is 46.9 Å². The summed E-state index contributed by atoms with van der Waals surface area (Å²) in [4.78, 5) is 12.3. The van der Waals surface area contributed by atoms with E-state index in [-0.39, 0.29) is 5.91 Å². The van der Waals surface area contributed by atoms with E-state index in [9.17, 15) is 4.79 Å². The van der Waals surface area contributed by atoms with Gasteiger partial charge in [0.15, 0.2) is 0 Å². The van der Waals surface area contributed by atoms with Gasteiger partial charge in [0.25, 0.3) is 5.91 Å². The van der Waals surface area contributed by atoms with Crippen LogP contribution in [0.25, 0.3) is 0 Å². The molecule has 0 atom stereocenters. The first-order valence-electron chi connectivity index (χ1n) is 6.84. The van der Waals surface area contributed by atoms with Gasteiger partial charge < -0.3 is 5.32 Å². The second kappa shape index (κ2) is 6.45. The minimum Gasteiger partial charge on any atom is -0.322 e. The van der Waals surface area contributed by atoms with Gasteiger partial charge in [0.1, 0.15) is 0 Å². The van der Waals surface area contributed by atoms with Crippen molar-refractivity contribution in [2.24, 2.45) is 0 Å². The van der Waals surface area contributed by atoms with Crippen LogP contribution in [0.15, 0.2) is 67.0 Å². The van der Waals surface area contributed by atoms with Crippen molar-refractivity contribution in [3.05, 3.63) is 83.1 Å². The Morgan fingerprint density at radius 2 is 1.95 bits per heavy atom. The van der Waals surface area contributed by atoms with Gasteiger partial charge in [-0.25, -0.2) is 0 Å². The molecule has 3 rings (SSSR count). The van der Waals surface area contributed by atoms with Crippen LogP contribution < -0.4 is 5.32 Å². The van der Waals surface area contributed by atoms with Crippen LogP contribution in [-0.4, -0.2) is 15.7 Å². The lowest BCUT2D eigenvalue weighted by atomic mass is 10.1. The van der Waals surface area contributed by atoms with Gasteiger partial charge in [0, 0.05) is 17.4 Å². The van der Waals surface area contributed by atoms with Crippen LogP contribution in [0.5, 0.6) is 0 Å². The van der Waals surface area contributed by atoms with Crippen LogP contribution in [0.1, 0.15) is 15.9 Å². The van der Waals surface area contributed by atoms with Crippen LogP contribution in [0.4, 0.5) is 5.69 Å². The first kappa shape index (κ1) is 14.4. The average molecular weight is 312 g/mol. The molecule has 0 saturated heterocycles. The third-order valence-corrected chi connectivity index (χ3v) is 3.36. The van der Waals surface area contributed by atoms with Gasteiger partial charge in [-0.2, -0.15) is 5.10 Å². The molecule has 22 heavy (non-hydrogen) atoms. The fourth-order valence-electron chi connectivity index (χ4n) is 2.15. The molecular formula is C17H14ClN3O. The van der Waals surface area contributed by atoms with Gasteiger partial charge in [-0.3, -0.25) is 9.48 Å². The zero-order valence-corrected chi connectivity index (χ0v) is 12.5. The molecule has 0 bridgehead atoms. The van der Waals surface area contributed by atoms with Gasteiger partial charge in [0.05, 0.1) is 17.8 Å².